The lowest BCUT2D eigenvalue weighted by molar-refractivity contribution is -0.142. The van der Waals surface area contributed by atoms with Gasteiger partial charge in [0.1, 0.15) is 6.42 Å². The van der Waals surface area contributed by atoms with Crippen molar-refractivity contribution >= 4 is 23.5 Å². The molecule has 6 nitrogen and oxygen atoms in total. The van der Waals surface area contributed by atoms with Crippen LogP contribution in [0.4, 0.5) is 5.69 Å². The first kappa shape index (κ1) is 13.5. The van der Waals surface area contributed by atoms with Crippen molar-refractivity contribution in [3.05, 3.63) is 46.3 Å². The summed E-state index contributed by atoms with van der Waals surface area (Å²) < 4.78 is 4.38. The Labute approximate surface area is 104 Å². The summed E-state index contributed by atoms with van der Waals surface area (Å²) in [6, 6.07) is 6.66. The van der Waals surface area contributed by atoms with Crippen LogP contribution in [0.25, 0.3) is 16.5 Å². The number of esters is 1. The van der Waals surface area contributed by atoms with Gasteiger partial charge in [0.15, 0.2) is 5.78 Å². The highest BCUT2D eigenvalue weighted by Gasteiger charge is 2.05. The lowest BCUT2D eigenvalue weighted by Gasteiger charge is -1.95. The van der Waals surface area contributed by atoms with Gasteiger partial charge in [-0.2, -0.15) is 0 Å². The molecule has 0 fully saturated rings. The minimum absolute atomic E-state index is 0.274. The van der Waals surface area contributed by atoms with Gasteiger partial charge in [-0.05, 0) is 17.2 Å². The average Bonchev–Trinajstić information content (AvgIpc) is 2.38. The van der Waals surface area contributed by atoms with Gasteiger partial charge in [-0.15, -0.1) is 0 Å². The number of ketones is 1. The van der Waals surface area contributed by atoms with Gasteiger partial charge in [-0.1, -0.05) is 35.5 Å². The zero-order valence-electron chi connectivity index (χ0n) is 9.74. The second-order valence-corrected chi connectivity index (χ2v) is 3.33. The van der Waals surface area contributed by atoms with Gasteiger partial charge < -0.3 is 4.74 Å². The first-order valence-corrected chi connectivity index (χ1v) is 5.08. The predicted molar refractivity (Wildman–Crippen MR) is 65.9 cm³/mol. The highest BCUT2D eigenvalue weighted by molar-refractivity contribution is 6.03. The van der Waals surface area contributed by atoms with Crippen molar-refractivity contribution in [3.63, 3.8) is 0 Å². The van der Waals surface area contributed by atoms with Crippen LogP contribution in [-0.2, 0) is 14.3 Å². The van der Waals surface area contributed by atoms with Crippen molar-refractivity contribution in [2.24, 2.45) is 5.11 Å². The summed E-state index contributed by atoms with van der Waals surface area (Å²) in [5.41, 5.74) is 9.49. The lowest BCUT2D eigenvalue weighted by atomic mass is 10.1. The Morgan fingerprint density at radius 2 is 2.06 bits per heavy atom. The quantitative estimate of drug-likeness (QED) is 0.199. The monoisotopic (exact) mass is 245 g/mol. The first-order chi connectivity index (χ1) is 8.65. The number of hydrogen-bond acceptors (Lipinski definition) is 4. The Bertz CT molecular complexity index is 514. The number of hydrogen-bond donors (Lipinski definition) is 0. The van der Waals surface area contributed by atoms with E-state index in [-0.39, 0.29) is 12.2 Å². The zero-order valence-corrected chi connectivity index (χ0v) is 9.74. The molecule has 0 saturated carbocycles. The highest BCUT2D eigenvalue weighted by atomic mass is 16.5. The van der Waals surface area contributed by atoms with E-state index in [0.717, 1.165) is 5.56 Å². The molecule has 1 aromatic carbocycles. The third-order valence-electron chi connectivity index (χ3n) is 2.06. The van der Waals surface area contributed by atoms with E-state index < -0.39 is 5.97 Å². The van der Waals surface area contributed by atoms with Crippen molar-refractivity contribution < 1.29 is 14.3 Å². The second-order valence-electron chi connectivity index (χ2n) is 3.33. The Morgan fingerprint density at radius 3 is 2.61 bits per heavy atom. The van der Waals surface area contributed by atoms with Crippen LogP contribution in [-0.4, -0.2) is 18.9 Å². The number of ether oxygens (including phenoxy) is 1. The predicted octanol–water partition coefficient (Wildman–Crippen LogP) is 2.77. The average molecular weight is 245 g/mol. The molecule has 0 aliphatic rings. The molecule has 0 atom stereocenters. The molecular weight excluding hydrogens is 234 g/mol. The van der Waals surface area contributed by atoms with Crippen molar-refractivity contribution in [3.8, 4) is 0 Å². The highest BCUT2D eigenvalue weighted by Crippen LogP contribution is 2.14. The van der Waals surface area contributed by atoms with Crippen LogP contribution in [0.2, 0.25) is 0 Å². The van der Waals surface area contributed by atoms with Crippen molar-refractivity contribution in [1.29, 1.82) is 0 Å². The molecule has 0 aliphatic heterocycles. The van der Waals surface area contributed by atoms with E-state index >= 15 is 0 Å². The molecule has 0 spiro atoms. The molecule has 0 N–H and O–H groups in total. The molecule has 0 aromatic heterocycles. The Hall–Kier alpha value is -2.59. The maximum atomic E-state index is 11.3. The molecule has 0 saturated heterocycles. The molecule has 0 bridgehead atoms. The summed E-state index contributed by atoms with van der Waals surface area (Å²) in [5, 5.41) is 3.42. The van der Waals surface area contributed by atoms with E-state index in [1.807, 2.05) is 0 Å². The van der Waals surface area contributed by atoms with E-state index in [9.17, 15) is 9.59 Å². The Morgan fingerprint density at radius 1 is 1.39 bits per heavy atom. The van der Waals surface area contributed by atoms with Crippen LogP contribution in [0.5, 0.6) is 0 Å². The minimum Gasteiger partial charge on any atom is -0.469 e. The molecular formula is C12H11N3O3. The summed E-state index contributed by atoms with van der Waals surface area (Å²) in [4.78, 5) is 24.8. The number of azide groups is 1. The molecule has 6 heteroatoms. The van der Waals surface area contributed by atoms with E-state index in [0.29, 0.717) is 5.69 Å². The van der Waals surface area contributed by atoms with Gasteiger partial charge in [-0.25, -0.2) is 0 Å². The van der Waals surface area contributed by atoms with E-state index in [4.69, 9.17) is 5.53 Å². The Kier molecular flexibility index (Phi) is 5.15. The van der Waals surface area contributed by atoms with Gasteiger partial charge in [0.25, 0.3) is 0 Å². The number of nitrogens with zero attached hydrogens (tertiary/aromatic N) is 3. The molecule has 0 radical (unpaired) electrons. The minimum atomic E-state index is -0.566. The summed E-state index contributed by atoms with van der Waals surface area (Å²) in [5.74, 6) is -0.899. The third kappa shape index (κ3) is 4.51. The first-order valence-electron chi connectivity index (χ1n) is 5.08. The maximum absolute atomic E-state index is 11.3. The number of benzene rings is 1. The molecule has 1 rings (SSSR count). The number of carbonyl (C=O) groups is 2. The zero-order chi connectivity index (χ0) is 13.4. The molecule has 92 valence electrons. The molecule has 18 heavy (non-hydrogen) atoms. The van der Waals surface area contributed by atoms with Crippen LogP contribution >= 0.6 is 0 Å². The number of rotatable bonds is 5. The number of methoxy groups -OCH3 is 1. The van der Waals surface area contributed by atoms with E-state index in [2.05, 4.69) is 14.8 Å². The van der Waals surface area contributed by atoms with Crippen LogP contribution in [0.3, 0.4) is 0 Å². The number of allylic oxidation sites excluding steroid dienone is 1. The number of carbonyl (C=O) groups excluding carboxylic acids is 2. The molecule has 1 aromatic rings. The van der Waals surface area contributed by atoms with Crippen LogP contribution in [0.1, 0.15) is 12.0 Å². The van der Waals surface area contributed by atoms with Crippen molar-refractivity contribution in [1.82, 2.24) is 0 Å². The van der Waals surface area contributed by atoms with Gasteiger partial charge in [0, 0.05) is 10.6 Å². The fraction of sp³-hybridized carbons (Fsp3) is 0.167. The molecule has 0 unspecified atom stereocenters. The Balaban J connectivity index is 2.64. The summed E-state index contributed by atoms with van der Waals surface area (Å²) in [7, 11) is 1.23. The SMILES string of the molecule is COC(=O)CC(=O)C=Cc1ccc(N=[N+]=[N-])cc1. The lowest BCUT2D eigenvalue weighted by Crippen LogP contribution is -2.06. The van der Waals surface area contributed by atoms with Crippen LogP contribution in [0, 0.1) is 0 Å². The topological polar surface area (TPSA) is 92.1 Å². The van der Waals surface area contributed by atoms with Gasteiger partial charge in [0.05, 0.1) is 7.11 Å². The van der Waals surface area contributed by atoms with Gasteiger partial charge >= 0.3 is 5.97 Å². The second kappa shape index (κ2) is 6.88. The molecule has 0 amide bonds. The standard InChI is InChI=1S/C12H11N3O3/c1-18-12(17)8-11(16)7-4-9-2-5-10(6-3-9)14-15-13/h2-7H,8H2,1H3. The molecule has 0 heterocycles. The summed E-state index contributed by atoms with van der Waals surface area (Å²) in [6.45, 7) is 0. The van der Waals surface area contributed by atoms with Gasteiger partial charge in [-0.3, -0.25) is 9.59 Å². The van der Waals surface area contributed by atoms with Crippen molar-refractivity contribution in [2.75, 3.05) is 7.11 Å². The van der Waals surface area contributed by atoms with E-state index in [1.54, 1.807) is 30.3 Å². The molecule has 0 aliphatic carbocycles. The fourth-order valence-electron chi connectivity index (χ4n) is 1.17. The summed E-state index contributed by atoms with van der Waals surface area (Å²) >= 11 is 0. The van der Waals surface area contributed by atoms with E-state index in [1.165, 1.54) is 13.2 Å². The fourth-order valence-corrected chi connectivity index (χ4v) is 1.17. The van der Waals surface area contributed by atoms with Gasteiger partial charge in [0.2, 0.25) is 0 Å². The van der Waals surface area contributed by atoms with Crippen LogP contribution < -0.4 is 0 Å². The third-order valence-corrected chi connectivity index (χ3v) is 2.06. The smallest absolute Gasteiger partial charge is 0.313 e. The summed E-state index contributed by atoms with van der Waals surface area (Å²) in [6.07, 6.45) is 2.61. The maximum Gasteiger partial charge on any atom is 0.313 e. The largest absolute Gasteiger partial charge is 0.469 e. The van der Waals surface area contributed by atoms with Crippen molar-refractivity contribution in [2.45, 2.75) is 6.42 Å². The van der Waals surface area contributed by atoms with Crippen LogP contribution in [0.15, 0.2) is 35.5 Å². The normalized spacial score (nSPS) is 9.83.